The highest BCUT2D eigenvalue weighted by atomic mass is 32.2. The lowest BCUT2D eigenvalue weighted by atomic mass is 10.1. The van der Waals surface area contributed by atoms with E-state index in [4.69, 9.17) is 4.74 Å². The van der Waals surface area contributed by atoms with Crippen molar-refractivity contribution in [1.29, 1.82) is 0 Å². The zero-order valence-electron chi connectivity index (χ0n) is 12.0. The molecule has 1 atom stereocenters. The summed E-state index contributed by atoms with van der Waals surface area (Å²) in [6.07, 6.45) is 0. The van der Waals surface area contributed by atoms with E-state index in [2.05, 4.69) is 4.72 Å². The van der Waals surface area contributed by atoms with Crippen molar-refractivity contribution in [3.8, 4) is 5.75 Å². The minimum Gasteiger partial charge on any atom is -0.495 e. The number of nitrogens with one attached hydrogen (secondary N) is 1. The molecule has 0 aliphatic carbocycles. The number of hydrogen-bond acceptors (Lipinski definition) is 5. The molecule has 0 saturated carbocycles. The fraction of sp³-hybridized carbons (Fsp3) is 0.286. The maximum absolute atomic E-state index is 13.3. The molecule has 0 amide bonds. The van der Waals surface area contributed by atoms with Gasteiger partial charge in [0, 0.05) is 11.4 Å². The van der Waals surface area contributed by atoms with Crippen LogP contribution in [0.4, 0.5) is 4.39 Å². The van der Waals surface area contributed by atoms with Crippen LogP contribution in [0.1, 0.15) is 11.8 Å². The standard InChI is InChI=1S/C14H16FNO4S2/c1-14(17,13-4-3-7-21-13)9-16-22(18,19)12-8-10(15)5-6-11(12)20-2/h3-8,16-17H,9H2,1-2H3. The Balaban J connectivity index is 2.24. The van der Waals surface area contributed by atoms with Gasteiger partial charge in [0.1, 0.15) is 22.1 Å². The molecule has 1 aromatic heterocycles. The molecule has 1 heterocycles. The van der Waals surface area contributed by atoms with E-state index in [0.717, 1.165) is 12.1 Å². The highest BCUT2D eigenvalue weighted by molar-refractivity contribution is 7.89. The molecule has 0 aliphatic heterocycles. The van der Waals surface area contributed by atoms with Crippen LogP contribution in [0.2, 0.25) is 0 Å². The van der Waals surface area contributed by atoms with Gasteiger partial charge in [-0.25, -0.2) is 17.5 Å². The number of hydrogen-bond donors (Lipinski definition) is 2. The van der Waals surface area contributed by atoms with Crippen molar-refractivity contribution in [2.75, 3.05) is 13.7 Å². The molecular formula is C14H16FNO4S2. The van der Waals surface area contributed by atoms with E-state index in [-0.39, 0.29) is 17.2 Å². The van der Waals surface area contributed by atoms with Gasteiger partial charge in [0.15, 0.2) is 0 Å². The Morgan fingerprint density at radius 3 is 2.73 bits per heavy atom. The van der Waals surface area contributed by atoms with Crippen molar-refractivity contribution >= 4 is 21.4 Å². The van der Waals surface area contributed by atoms with E-state index in [1.165, 1.54) is 31.4 Å². The van der Waals surface area contributed by atoms with Crippen LogP contribution >= 0.6 is 11.3 Å². The van der Waals surface area contributed by atoms with Crippen LogP contribution in [0, 0.1) is 5.82 Å². The minimum atomic E-state index is -4.02. The van der Waals surface area contributed by atoms with Crippen molar-refractivity contribution in [3.63, 3.8) is 0 Å². The monoisotopic (exact) mass is 345 g/mol. The summed E-state index contributed by atoms with van der Waals surface area (Å²) in [5.74, 6) is -0.657. The van der Waals surface area contributed by atoms with Gasteiger partial charge in [0.2, 0.25) is 10.0 Å². The van der Waals surface area contributed by atoms with Gasteiger partial charge in [-0.1, -0.05) is 6.07 Å². The fourth-order valence-corrected chi connectivity index (χ4v) is 3.94. The van der Waals surface area contributed by atoms with Crippen molar-refractivity contribution < 1.29 is 22.7 Å². The normalized spacial score (nSPS) is 14.5. The molecule has 8 heteroatoms. The lowest BCUT2D eigenvalue weighted by molar-refractivity contribution is 0.0666. The SMILES string of the molecule is COc1ccc(F)cc1S(=O)(=O)NCC(C)(O)c1cccs1. The Morgan fingerprint density at radius 2 is 2.14 bits per heavy atom. The average Bonchev–Trinajstić information content (AvgIpc) is 3.00. The molecule has 2 N–H and O–H groups in total. The molecular weight excluding hydrogens is 329 g/mol. The van der Waals surface area contributed by atoms with E-state index in [1.807, 2.05) is 0 Å². The van der Waals surface area contributed by atoms with E-state index >= 15 is 0 Å². The Morgan fingerprint density at radius 1 is 1.41 bits per heavy atom. The predicted octanol–water partition coefficient (Wildman–Crippen LogP) is 2.08. The average molecular weight is 345 g/mol. The van der Waals surface area contributed by atoms with Crippen LogP contribution in [0.3, 0.4) is 0 Å². The third-order valence-corrected chi connectivity index (χ3v) is 5.62. The van der Waals surface area contributed by atoms with Crippen molar-refractivity contribution in [1.82, 2.24) is 4.72 Å². The Hall–Kier alpha value is -1.48. The zero-order chi connectivity index (χ0) is 16.4. The third-order valence-electron chi connectivity index (χ3n) is 3.07. The van der Waals surface area contributed by atoms with E-state index < -0.39 is 21.4 Å². The van der Waals surface area contributed by atoms with E-state index in [9.17, 15) is 17.9 Å². The summed E-state index contributed by atoms with van der Waals surface area (Å²) < 4.78 is 45.2. The summed E-state index contributed by atoms with van der Waals surface area (Å²) in [5.41, 5.74) is -1.36. The molecule has 0 bridgehead atoms. The van der Waals surface area contributed by atoms with Gasteiger partial charge >= 0.3 is 0 Å². The zero-order valence-corrected chi connectivity index (χ0v) is 13.7. The van der Waals surface area contributed by atoms with Crippen molar-refractivity contribution in [2.24, 2.45) is 0 Å². The fourth-order valence-electron chi connectivity index (χ4n) is 1.85. The van der Waals surface area contributed by atoms with Gasteiger partial charge < -0.3 is 9.84 Å². The maximum atomic E-state index is 13.3. The van der Waals surface area contributed by atoms with Gasteiger partial charge in [0.25, 0.3) is 0 Å². The quantitative estimate of drug-likeness (QED) is 0.840. The number of methoxy groups -OCH3 is 1. The first kappa shape index (κ1) is 16.9. The largest absolute Gasteiger partial charge is 0.495 e. The second-order valence-corrected chi connectivity index (χ2v) is 7.55. The van der Waals surface area contributed by atoms with Crippen LogP contribution < -0.4 is 9.46 Å². The molecule has 0 radical (unpaired) electrons. The van der Waals surface area contributed by atoms with Gasteiger partial charge in [0.05, 0.1) is 7.11 Å². The molecule has 120 valence electrons. The number of sulfonamides is 1. The van der Waals surface area contributed by atoms with Crippen LogP contribution in [0.15, 0.2) is 40.6 Å². The van der Waals surface area contributed by atoms with Crippen LogP contribution in [-0.2, 0) is 15.6 Å². The molecule has 22 heavy (non-hydrogen) atoms. The molecule has 2 aromatic rings. The molecule has 0 saturated heterocycles. The number of thiophene rings is 1. The summed E-state index contributed by atoms with van der Waals surface area (Å²) in [6.45, 7) is 1.26. The van der Waals surface area contributed by atoms with E-state index in [0.29, 0.717) is 4.88 Å². The summed E-state index contributed by atoms with van der Waals surface area (Å²) in [6, 6.07) is 6.70. The summed E-state index contributed by atoms with van der Waals surface area (Å²) in [4.78, 5) is 0.318. The second kappa shape index (κ2) is 6.33. The van der Waals surface area contributed by atoms with Crippen molar-refractivity contribution in [2.45, 2.75) is 17.4 Å². The first-order valence-electron chi connectivity index (χ1n) is 6.36. The highest BCUT2D eigenvalue weighted by Crippen LogP contribution is 2.27. The molecule has 0 spiro atoms. The number of halogens is 1. The topological polar surface area (TPSA) is 75.6 Å². The molecule has 5 nitrogen and oxygen atoms in total. The number of benzene rings is 1. The first-order valence-corrected chi connectivity index (χ1v) is 8.72. The number of ether oxygens (including phenoxy) is 1. The summed E-state index contributed by atoms with van der Waals surface area (Å²) in [7, 11) is -2.72. The summed E-state index contributed by atoms with van der Waals surface area (Å²) >= 11 is 1.32. The predicted molar refractivity (Wildman–Crippen MR) is 82.0 cm³/mol. The molecule has 1 aromatic carbocycles. The van der Waals surface area contributed by atoms with Crippen LogP contribution in [-0.4, -0.2) is 27.2 Å². The lowest BCUT2D eigenvalue weighted by Crippen LogP contribution is -2.38. The number of rotatable bonds is 6. The lowest BCUT2D eigenvalue weighted by Gasteiger charge is -2.22. The molecule has 1 unspecified atom stereocenters. The minimum absolute atomic E-state index is 0.0321. The molecule has 0 aliphatic rings. The molecule has 2 rings (SSSR count). The van der Waals surface area contributed by atoms with Crippen LogP contribution in [0.25, 0.3) is 0 Å². The highest BCUT2D eigenvalue weighted by Gasteiger charge is 2.28. The van der Waals surface area contributed by atoms with Gasteiger partial charge in [-0.3, -0.25) is 0 Å². The Labute approximate surface area is 132 Å². The first-order chi connectivity index (χ1) is 10.3. The third kappa shape index (κ3) is 3.64. The van der Waals surface area contributed by atoms with Crippen LogP contribution in [0.5, 0.6) is 5.75 Å². The maximum Gasteiger partial charge on any atom is 0.244 e. The smallest absolute Gasteiger partial charge is 0.244 e. The van der Waals surface area contributed by atoms with E-state index in [1.54, 1.807) is 17.5 Å². The van der Waals surface area contributed by atoms with Crippen molar-refractivity contribution in [3.05, 3.63) is 46.4 Å². The number of aliphatic hydroxyl groups is 1. The Kier molecular flexibility index (Phi) is 4.86. The van der Waals surface area contributed by atoms with Gasteiger partial charge in [-0.05, 0) is 36.6 Å². The van der Waals surface area contributed by atoms with Gasteiger partial charge in [-0.2, -0.15) is 0 Å². The molecule has 0 fully saturated rings. The van der Waals surface area contributed by atoms with Gasteiger partial charge in [-0.15, -0.1) is 11.3 Å². The Bertz CT molecular complexity index is 742. The summed E-state index contributed by atoms with van der Waals surface area (Å²) in [5, 5.41) is 12.1. The second-order valence-electron chi connectivity index (χ2n) is 4.87.